The van der Waals surface area contributed by atoms with Crippen LogP contribution >= 0.6 is 15.9 Å². The molecule has 0 saturated heterocycles. The number of hydrogen-bond donors (Lipinski definition) is 0. The second-order valence-corrected chi connectivity index (χ2v) is 4.77. The largest absolute Gasteiger partial charge is 0.461 e. The van der Waals surface area contributed by atoms with Crippen LogP contribution in [0.15, 0.2) is 42.5 Å². The first kappa shape index (κ1) is 15.4. The van der Waals surface area contributed by atoms with Gasteiger partial charge in [-0.2, -0.15) is 0 Å². The summed E-state index contributed by atoms with van der Waals surface area (Å²) in [6.45, 7) is 5.04. The number of rotatable bonds is 6. The van der Waals surface area contributed by atoms with E-state index in [-0.39, 0.29) is 13.2 Å². The lowest BCUT2D eigenvalue weighted by Gasteiger charge is -2.10. The fourth-order valence-corrected chi connectivity index (χ4v) is 1.67. The maximum atomic E-state index is 11.7. The molecule has 4 nitrogen and oxygen atoms in total. The minimum Gasteiger partial charge on any atom is -0.461 e. The molecule has 0 aromatic heterocycles. The van der Waals surface area contributed by atoms with Crippen LogP contribution < -0.4 is 0 Å². The number of esters is 2. The van der Waals surface area contributed by atoms with Crippen molar-refractivity contribution in [2.24, 2.45) is 0 Å². The normalized spacial score (nSPS) is 11.5. The van der Waals surface area contributed by atoms with Gasteiger partial charge in [-0.1, -0.05) is 52.8 Å². The van der Waals surface area contributed by atoms with Gasteiger partial charge in [0, 0.05) is 5.57 Å². The number of benzene rings is 1. The SMILES string of the molecule is C=C(C)C(=O)OCCOC(=O)C(Br)c1ccccc1. The van der Waals surface area contributed by atoms with E-state index in [2.05, 4.69) is 22.5 Å². The molecule has 1 aromatic carbocycles. The average molecular weight is 327 g/mol. The highest BCUT2D eigenvalue weighted by molar-refractivity contribution is 9.09. The monoisotopic (exact) mass is 326 g/mol. The Morgan fingerprint density at radius 3 is 2.37 bits per heavy atom. The Balaban J connectivity index is 2.32. The Labute approximate surface area is 120 Å². The molecule has 0 fully saturated rings. The summed E-state index contributed by atoms with van der Waals surface area (Å²) < 4.78 is 9.80. The van der Waals surface area contributed by atoms with E-state index in [9.17, 15) is 9.59 Å². The standard InChI is InChI=1S/C14H15BrO4/c1-10(2)13(16)18-8-9-19-14(17)12(15)11-6-4-3-5-7-11/h3-7,12H,1,8-9H2,2H3. The van der Waals surface area contributed by atoms with Gasteiger partial charge in [0.25, 0.3) is 0 Å². The predicted molar refractivity (Wildman–Crippen MR) is 74.8 cm³/mol. The van der Waals surface area contributed by atoms with Crippen LogP contribution in [0.3, 0.4) is 0 Å². The van der Waals surface area contributed by atoms with Gasteiger partial charge in [0.1, 0.15) is 18.0 Å². The molecule has 0 amide bonds. The molecule has 0 N–H and O–H groups in total. The van der Waals surface area contributed by atoms with Crippen molar-refractivity contribution < 1.29 is 19.1 Å². The van der Waals surface area contributed by atoms with Gasteiger partial charge in [-0.05, 0) is 12.5 Å². The Kier molecular flexibility index (Phi) is 6.29. The Bertz CT molecular complexity index is 456. The number of hydrogen-bond acceptors (Lipinski definition) is 4. The number of alkyl halides is 1. The molecule has 1 aromatic rings. The van der Waals surface area contributed by atoms with E-state index < -0.39 is 16.8 Å². The second kappa shape index (κ2) is 7.74. The van der Waals surface area contributed by atoms with Gasteiger partial charge in [-0.15, -0.1) is 0 Å². The Hall–Kier alpha value is -1.62. The van der Waals surface area contributed by atoms with E-state index in [4.69, 9.17) is 9.47 Å². The van der Waals surface area contributed by atoms with Crippen LogP contribution in [0, 0.1) is 0 Å². The first-order chi connectivity index (χ1) is 9.02. The molecule has 0 radical (unpaired) electrons. The summed E-state index contributed by atoms with van der Waals surface area (Å²) in [6.07, 6.45) is 0. The zero-order chi connectivity index (χ0) is 14.3. The van der Waals surface area contributed by atoms with Crippen LogP contribution in [0.4, 0.5) is 0 Å². The molecule has 1 rings (SSSR count). The van der Waals surface area contributed by atoms with Gasteiger partial charge >= 0.3 is 11.9 Å². The zero-order valence-electron chi connectivity index (χ0n) is 10.6. The minimum atomic E-state index is -0.523. The smallest absolute Gasteiger partial charge is 0.333 e. The molecule has 0 aliphatic heterocycles. The van der Waals surface area contributed by atoms with Crippen LogP contribution in [0.25, 0.3) is 0 Å². The third-order valence-electron chi connectivity index (χ3n) is 2.21. The summed E-state index contributed by atoms with van der Waals surface area (Å²) >= 11 is 3.26. The summed E-state index contributed by atoms with van der Waals surface area (Å²) in [5, 5.41) is 0. The summed E-state index contributed by atoms with van der Waals surface area (Å²) in [7, 11) is 0. The van der Waals surface area contributed by atoms with Crippen molar-refractivity contribution in [3.63, 3.8) is 0 Å². The minimum absolute atomic E-state index is 0.0198. The van der Waals surface area contributed by atoms with Crippen LogP contribution in [0.2, 0.25) is 0 Å². The van der Waals surface area contributed by atoms with Crippen LogP contribution in [0.1, 0.15) is 17.3 Å². The van der Waals surface area contributed by atoms with Gasteiger partial charge in [-0.25, -0.2) is 4.79 Å². The van der Waals surface area contributed by atoms with Crippen molar-refractivity contribution in [2.45, 2.75) is 11.8 Å². The van der Waals surface area contributed by atoms with Gasteiger partial charge in [0.2, 0.25) is 0 Å². The fraction of sp³-hybridized carbons (Fsp3) is 0.286. The zero-order valence-corrected chi connectivity index (χ0v) is 12.2. The molecular formula is C14H15BrO4. The molecule has 19 heavy (non-hydrogen) atoms. The highest BCUT2D eigenvalue weighted by Gasteiger charge is 2.18. The van der Waals surface area contributed by atoms with E-state index in [1.165, 1.54) is 0 Å². The van der Waals surface area contributed by atoms with E-state index in [1.54, 1.807) is 6.92 Å². The van der Waals surface area contributed by atoms with Crippen LogP contribution in [-0.4, -0.2) is 25.2 Å². The van der Waals surface area contributed by atoms with Crippen molar-refractivity contribution in [3.05, 3.63) is 48.0 Å². The number of ether oxygens (including phenoxy) is 2. The van der Waals surface area contributed by atoms with Gasteiger partial charge in [0.05, 0.1) is 0 Å². The lowest BCUT2D eigenvalue weighted by molar-refractivity contribution is -0.149. The van der Waals surface area contributed by atoms with Crippen molar-refractivity contribution in [3.8, 4) is 0 Å². The number of halogens is 1. The van der Waals surface area contributed by atoms with Crippen molar-refractivity contribution in [2.75, 3.05) is 13.2 Å². The van der Waals surface area contributed by atoms with Gasteiger partial charge < -0.3 is 9.47 Å². The predicted octanol–water partition coefficient (Wildman–Crippen LogP) is 2.79. The lowest BCUT2D eigenvalue weighted by Crippen LogP contribution is -2.16. The fourth-order valence-electron chi connectivity index (χ4n) is 1.23. The van der Waals surface area contributed by atoms with Crippen molar-refractivity contribution in [1.29, 1.82) is 0 Å². The highest BCUT2D eigenvalue weighted by Crippen LogP contribution is 2.23. The van der Waals surface area contributed by atoms with E-state index >= 15 is 0 Å². The number of carbonyl (C=O) groups is 2. The maximum absolute atomic E-state index is 11.7. The quantitative estimate of drug-likeness (QED) is 0.349. The molecule has 5 heteroatoms. The molecule has 1 atom stereocenters. The topological polar surface area (TPSA) is 52.6 Å². The lowest BCUT2D eigenvalue weighted by atomic mass is 10.1. The van der Waals surface area contributed by atoms with Gasteiger partial charge in [0.15, 0.2) is 0 Å². The molecular weight excluding hydrogens is 312 g/mol. The summed E-state index contributed by atoms with van der Waals surface area (Å²) in [5.74, 6) is -0.910. The molecule has 0 aliphatic carbocycles. The summed E-state index contributed by atoms with van der Waals surface area (Å²) in [5.41, 5.74) is 1.13. The molecule has 0 aliphatic rings. The molecule has 0 spiro atoms. The van der Waals surface area contributed by atoms with Gasteiger partial charge in [-0.3, -0.25) is 4.79 Å². The average Bonchev–Trinajstić information content (AvgIpc) is 2.43. The van der Waals surface area contributed by atoms with E-state index in [1.807, 2.05) is 30.3 Å². The van der Waals surface area contributed by atoms with Crippen molar-refractivity contribution >= 4 is 27.9 Å². The second-order valence-electron chi connectivity index (χ2n) is 3.86. The summed E-state index contributed by atoms with van der Waals surface area (Å²) in [6, 6.07) is 9.19. The number of carbonyl (C=O) groups excluding carboxylic acids is 2. The first-order valence-electron chi connectivity index (χ1n) is 5.70. The van der Waals surface area contributed by atoms with Crippen molar-refractivity contribution in [1.82, 2.24) is 0 Å². The molecule has 0 saturated carbocycles. The molecule has 0 heterocycles. The maximum Gasteiger partial charge on any atom is 0.333 e. The third kappa shape index (κ3) is 5.26. The highest BCUT2D eigenvalue weighted by atomic mass is 79.9. The first-order valence-corrected chi connectivity index (χ1v) is 6.62. The molecule has 0 bridgehead atoms. The third-order valence-corrected chi connectivity index (χ3v) is 3.11. The van der Waals surface area contributed by atoms with E-state index in [0.29, 0.717) is 5.57 Å². The summed E-state index contributed by atoms with van der Waals surface area (Å²) in [4.78, 5) is 22.2. The van der Waals surface area contributed by atoms with E-state index in [0.717, 1.165) is 5.56 Å². The molecule has 102 valence electrons. The van der Waals surface area contributed by atoms with Crippen LogP contribution in [-0.2, 0) is 19.1 Å². The Morgan fingerprint density at radius 2 is 1.79 bits per heavy atom. The Morgan fingerprint density at radius 1 is 1.21 bits per heavy atom. The van der Waals surface area contributed by atoms with Crippen LogP contribution in [0.5, 0.6) is 0 Å². The molecule has 1 unspecified atom stereocenters.